The van der Waals surface area contributed by atoms with Crippen molar-refractivity contribution in [3.8, 4) is 0 Å². The van der Waals surface area contributed by atoms with Gasteiger partial charge in [-0.15, -0.1) is 11.3 Å². The highest BCUT2D eigenvalue weighted by Gasteiger charge is 2.19. The summed E-state index contributed by atoms with van der Waals surface area (Å²) in [6.07, 6.45) is 4.10. The molecule has 1 aromatic carbocycles. The first-order valence-corrected chi connectivity index (χ1v) is 11.3. The Morgan fingerprint density at radius 2 is 2.00 bits per heavy atom. The lowest BCUT2D eigenvalue weighted by molar-refractivity contribution is -0.129. The Bertz CT molecular complexity index is 1070. The highest BCUT2D eigenvalue weighted by Crippen LogP contribution is 2.26. The van der Waals surface area contributed by atoms with Crippen LogP contribution in [0.4, 0.5) is 10.8 Å². The number of carbonyl (C=O) groups excluding carboxylic acids is 2. The van der Waals surface area contributed by atoms with Crippen LogP contribution in [0.3, 0.4) is 0 Å². The van der Waals surface area contributed by atoms with Crippen LogP contribution in [0.5, 0.6) is 0 Å². The lowest BCUT2D eigenvalue weighted by Crippen LogP contribution is -2.29. The fourth-order valence-electron chi connectivity index (χ4n) is 3.78. The highest BCUT2D eigenvalue weighted by atomic mass is 32.1. The summed E-state index contributed by atoms with van der Waals surface area (Å²) < 4.78 is 5.17. The molecule has 3 aromatic rings. The molecule has 1 N–H and O–H groups in total. The van der Waals surface area contributed by atoms with Crippen LogP contribution in [0.15, 0.2) is 46.4 Å². The normalized spacial score (nSPS) is 13.4. The summed E-state index contributed by atoms with van der Waals surface area (Å²) >= 11 is 1.31. The van der Waals surface area contributed by atoms with Gasteiger partial charge in [0.15, 0.2) is 5.13 Å². The van der Waals surface area contributed by atoms with E-state index in [4.69, 9.17) is 4.42 Å². The Hall–Kier alpha value is -3.13. The summed E-state index contributed by atoms with van der Waals surface area (Å²) in [4.78, 5) is 33.6. The van der Waals surface area contributed by atoms with Gasteiger partial charge in [0, 0.05) is 37.7 Å². The third-order valence-corrected chi connectivity index (χ3v) is 6.29. The minimum atomic E-state index is -0.269. The summed E-state index contributed by atoms with van der Waals surface area (Å²) in [5.41, 5.74) is 3.49. The fraction of sp³-hybridized carbons (Fsp3) is 0.348. The van der Waals surface area contributed by atoms with Crippen LogP contribution in [0, 0.1) is 6.92 Å². The van der Waals surface area contributed by atoms with Crippen molar-refractivity contribution in [2.45, 2.75) is 32.7 Å². The van der Waals surface area contributed by atoms with Gasteiger partial charge in [0.05, 0.1) is 23.9 Å². The van der Waals surface area contributed by atoms with Gasteiger partial charge in [-0.3, -0.25) is 14.9 Å². The summed E-state index contributed by atoms with van der Waals surface area (Å²) in [6, 6.07) is 9.92. The van der Waals surface area contributed by atoms with Gasteiger partial charge >= 0.3 is 0 Å². The Morgan fingerprint density at radius 1 is 1.23 bits per heavy atom. The highest BCUT2D eigenvalue weighted by molar-refractivity contribution is 7.14. The smallest absolute Gasteiger partial charge is 0.260 e. The van der Waals surface area contributed by atoms with Gasteiger partial charge in [0.1, 0.15) is 5.76 Å². The molecular weight excluding hydrogens is 412 g/mol. The van der Waals surface area contributed by atoms with E-state index in [2.05, 4.69) is 33.4 Å². The van der Waals surface area contributed by atoms with Gasteiger partial charge in [-0.1, -0.05) is 18.2 Å². The Kier molecular flexibility index (Phi) is 6.36. The number of amides is 2. The number of hydrogen-bond acceptors (Lipinski definition) is 6. The van der Waals surface area contributed by atoms with Crippen LogP contribution in [0.1, 0.15) is 40.2 Å². The third-order valence-electron chi connectivity index (χ3n) is 5.48. The largest absolute Gasteiger partial charge is 0.469 e. The Morgan fingerprint density at radius 3 is 2.74 bits per heavy atom. The molecule has 0 radical (unpaired) electrons. The summed E-state index contributed by atoms with van der Waals surface area (Å²) in [6.45, 7) is 4.43. The molecule has 31 heavy (non-hydrogen) atoms. The van der Waals surface area contributed by atoms with Crippen LogP contribution >= 0.6 is 11.3 Å². The number of para-hydroxylation sites is 1. The number of carbonyl (C=O) groups is 2. The molecule has 0 saturated carbocycles. The molecule has 0 atom stereocenters. The van der Waals surface area contributed by atoms with E-state index in [0.29, 0.717) is 28.7 Å². The van der Waals surface area contributed by atoms with Crippen LogP contribution in [-0.2, 0) is 17.8 Å². The predicted octanol–water partition coefficient (Wildman–Crippen LogP) is 4.10. The van der Waals surface area contributed by atoms with Crippen molar-refractivity contribution in [3.63, 3.8) is 0 Å². The lowest BCUT2D eigenvalue weighted by atomic mass is 10.1. The van der Waals surface area contributed by atoms with Gasteiger partial charge < -0.3 is 14.2 Å². The first-order valence-electron chi connectivity index (χ1n) is 10.4. The quantitative estimate of drug-likeness (QED) is 0.601. The zero-order chi connectivity index (χ0) is 21.8. The molecule has 1 fully saturated rings. The molecule has 1 aliphatic heterocycles. The molecule has 3 heterocycles. The number of benzene rings is 1. The van der Waals surface area contributed by atoms with Gasteiger partial charge in [-0.2, -0.15) is 0 Å². The third kappa shape index (κ3) is 4.96. The molecule has 8 heteroatoms. The number of rotatable bonds is 7. The zero-order valence-corrected chi connectivity index (χ0v) is 18.6. The molecule has 1 aliphatic rings. The average molecular weight is 439 g/mol. The van der Waals surface area contributed by atoms with Gasteiger partial charge in [-0.25, -0.2) is 4.98 Å². The number of anilines is 2. The number of aromatic nitrogens is 1. The van der Waals surface area contributed by atoms with E-state index >= 15 is 0 Å². The van der Waals surface area contributed by atoms with Gasteiger partial charge in [0.2, 0.25) is 5.91 Å². The number of furan rings is 1. The molecule has 0 aliphatic carbocycles. The molecule has 4 rings (SSSR count). The molecule has 0 spiro atoms. The minimum absolute atomic E-state index is 0.00918. The summed E-state index contributed by atoms with van der Waals surface area (Å²) in [5.74, 6) is 0.277. The second-order valence-electron chi connectivity index (χ2n) is 7.74. The summed E-state index contributed by atoms with van der Waals surface area (Å²) in [7, 11) is 1.82. The number of likely N-dealkylation sites (N-methyl/N-ethyl adjacent to an activating group) is 1. The molecule has 2 amide bonds. The first-order chi connectivity index (χ1) is 15.0. The van der Waals surface area contributed by atoms with E-state index in [9.17, 15) is 9.59 Å². The van der Waals surface area contributed by atoms with Crippen molar-refractivity contribution in [1.82, 2.24) is 9.88 Å². The Labute approximate surface area is 185 Å². The maximum Gasteiger partial charge on any atom is 0.260 e. The molecule has 1 saturated heterocycles. The Balaban J connectivity index is 1.36. The fourth-order valence-corrected chi connectivity index (χ4v) is 4.48. The molecular formula is C23H26N4O3S. The lowest BCUT2D eigenvalue weighted by Gasteiger charge is -2.24. The van der Waals surface area contributed by atoms with Crippen molar-refractivity contribution >= 4 is 34.0 Å². The zero-order valence-electron chi connectivity index (χ0n) is 17.8. The second kappa shape index (κ2) is 9.34. The molecule has 162 valence electrons. The average Bonchev–Trinajstić information content (AvgIpc) is 3.51. The number of thiazole rings is 1. The van der Waals surface area contributed by atoms with Crippen molar-refractivity contribution in [1.29, 1.82) is 0 Å². The van der Waals surface area contributed by atoms with Crippen molar-refractivity contribution in [2.24, 2.45) is 0 Å². The molecule has 0 bridgehead atoms. The van der Waals surface area contributed by atoms with E-state index in [1.807, 2.05) is 18.5 Å². The van der Waals surface area contributed by atoms with Crippen molar-refractivity contribution < 1.29 is 14.0 Å². The van der Waals surface area contributed by atoms with Crippen LogP contribution < -0.4 is 10.2 Å². The van der Waals surface area contributed by atoms with Crippen molar-refractivity contribution in [2.75, 3.05) is 30.4 Å². The van der Waals surface area contributed by atoms with Crippen LogP contribution in [0.2, 0.25) is 0 Å². The number of nitrogens with zero attached hydrogens (tertiary/aromatic N) is 3. The SMILES string of the molecule is Cc1occc1C(=O)Nc1nc(CC(=O)N(C)Cc2ccccc2N2CCCC2)cs1. The first kappa shape index (κ1) is 21.1. The van der Waals surface area contributed by atoms with Gasteiger partial charge in [0.25, 0.3) is 5.91 Å². The topological polar surface area (TPSA) is 78.7 Å². The number of hydrogen-bond donors (Lipinski definition) is 1. The van der Waals surface area contributed by atoms with E-state index < -0.39 is 0 Å². The summed E-state index contributed by atoms with van der Waals surface area (Å²) in [5, 5.41) is 5.04. The monoisotopic (exact) mass is 438 g/mol. The van der Waals surface area contributed by atoms with Crippen LogP contribution in [-0.4, -0.2) is 41.8 Å². The maximum atomic E-state index is 12.8. The second-order valence-corrected chi connectivity index (χ2v) is 8.60. The number of nitrogens with one attached hydrogen (secondary N) is 1. The van der Waals surface area contributed by atoms with E-state index in [0.717, 1.165) is 18.7 Å². The predicted molar refractivity (Wildman–Crippen MR) is 122 cm³/mol. The van der Waals surface area contributed by atoms with E-state index in [1.54, 1.807) is 17.9 Å². The van der Waals surface area contributed by atoms with Gasteiger partial charge in [-0.05, 0) is 37.5 Å². The minimum Gasteiger partial charge on any atom is -0.469 e. The van der Waals surface area contributed by atoms with Crippen molar-refractivity contribution in [3.05, 3.63) is 64.6 Å². The molecule has 0 unspecified atom stereocenters. The standard InChI is InChI=1S/C23H26N4O3S/c1-16-19(9-12-30-16)22(29)25-23-24-18(15-31-23)13-21(28)26(2)14-17-7-3-4-8-20(17)27-10-5-6-11-27/h3-4,7-9,12,15H,5-6,10-11,13-14H2,1-2H3,(H,24,25,29). The van der Waals surface area contributed by atoms with E-state index in [1.165, 1.54) is 36.1 Å². The molecule has 2 aromatic heterocycles. The van der Waals surface area contributed by atoms with Crippen LogP contribution in [0.25, 0.3) is 0 Å². The number of aryl methyl sites for hydroxylation is 1. The maximum absolute atomic E-state index is 12.8. The van der Waals surface area contributed by atoms with E-state index in [-0.39, 0.29) is 18.2 Å². The molecule has 7 nitrogen and oxygen atoms in total.